The number of allylic oxidation sites excluding steroid dienone is 2. The Hall–Kier alpha value is -1.91. The van der Waals surface area contributed by atoms with Crippen LogP contribution >= 0.6 is 0 Å². The van der Waals surface area contributed by atoms with E-state index in [1.165, 1.54) is 16.7 Å². The van der Waals surface area contributed by atoms with Gasteiger partial charge in [-0.1, -0.05) is 29.9 Å². The molecule has 30 heavy (non-hydrogen) atoms. The van der Waals surface area contributed by atoms with Crippen molar-refractivity contribution in [3.63, 3.8) is 0 Å². The third-order valence-electron chi connectivity index (χ3n) is 6.37. The molecule has 1 aromatic rings. The molecule has 1 N–H and O–H groups in total. The Bertz CT molecular complexity index is 798. The van der Waals surface area contributed by atoms with Crippen LogP contribution in [-0.4, -0.2) is 43.8 Å². The molecule has 1 aliphatic heterocycles. The van der Waals surface area contributed by atoms with E-state index in [4.69, 9.17) is 0 Å². The van der Waals surface area contributed by atoms with Crippen molar-refractivity contribution < 1.29 is 4.39 Å². The summed E-state index contributed by atoms with van der Waals surface area (Å²) in [7, 11) is 2.07. The molecule has 0 spiro atoms. The van der Waals surface area contributed by atoms with Crippen molar-refractivity contribution in [3.05, 3.63) is 59.2 Å². The lowest BCUT2D eigenvalue weighted by Gasteiger charge is -2.36. The van der Waals surface area contributed by atoms with E-state index in [2.05, 4.69) is 72.3 Å². The monoisotopic (exact) mass is 411 g/mol. The predicted octanol–water partition coefficient (Wildman–Crippen LogP) is 5.78. The fourth-order valence-corrected chi connectivity index (χ4v) is 4.67. The number of anilines is 1. The Balaban J connectivity index is 1.80. The minimum absolute atomic E-state index is 0.0377. The van der Waals surface area contributed by atoms with E-state index >= 15 is 4.39 Å². The molecule has 1 saturated heterocycles. The summed E-state index contributed by atoms with van der Waals surface area (Å²) in [6.45, 7) is 12.6. The number of benzene rings is 1. The highest BCUT2D eigenvalue weighted by Gasteiger charge is 2.31. The fourth-order valence-electron chi connectivity index (χ4n) is 4.67. The normalized spacial score (nSPS) is 24.6. The Labute approximate surface area is 182 Å². The van der Waals surface area contributed by atoms with Crippen molar-refractivity contribution in [2.45, 2.75) is 64.6 Å². The maximum atomic E-state index is 15.3. The molecule has 0 bridgehead atoms. The number of rotatable bonds is 8. The van der Waals surface area contributed by atoms with Crippen molar-refractivity contribution in [2.24, 2.45) is 0 Å². The number of hydrazine groups is 1. The van der Waals surface area contributed by atoms with Crippen LogP contribution in [0, 0.1) is 6.92 Å². The third-order valence-corrected chi connectivity index (χ3v) is 6.37. The topological polar surface area (TPSA) is 18.5 Å². The van der Waals surface area contributed by atoms with Gasteiger partial charge in [0, 0.05) is 32.1 Å². The van der Waals surface area contributed by atoms with Crippen LogP contribution in [0.2, 0.25) is 0 Å². The van der Waals surface area contributed by atoms with Crippen LogP contribution in [0.15, 0.2) is 42.5 Å². The molecule has 1 aliphatic carbocycles. The Morgan fingerprint density at radius 1 is 1.37 bits per heavy atom. The second-order valence-electron chi connectivity index (χ2n) is 8.99. The minimum Gasteiger partial charge on any atom is -0.310 e. The summed E-state index contributed by atoms with van der Waals surface area (Å²) in [6, 6.07) is 4.80. The molecular weight excluding hydrogens is 373 g/mol. The highest BCUT2D eigenvalue weighted by atomic mass is 19.1. The van der Waals surface area contributed by atoms with Gasteiger partial charge >= 0.3 is 0 Å². The molecule has 1 heterocycles. The van der Waals surface area contributed by atoms with Crippen LogP contribution in [-0.2, 0) is 0 Å². The van der Waals surface area contributed by atoms with Crippen LogP contribution < -0.4 is 10.4 Å². The highest BCUT2D eigenvalue weighted by molar-refractivity contribution is 5.69. The predicted molar refractivity (Wildman–Crippen MR) is 128 cm³/mol. The number of hydrogen-bond acceptors (Lipinski definition) is 3. The smallest absolute Gasteiger partial charge is 0.120 e. The fraction of sp³-hybridized carbons (Fsp3) is 0.538. The van der Waals surface area contributed by atoms with Gasteiger partial charge in [-0.05, 0) is 81.8 Å². The van der Waals surface area contributed by atoms with Crippen LogP contribution in [0.4, 0.5) is 10.1 Å². The van der Waals surface area contributed by atoms with Gasteiger partial charge in [-0.15, -0.1) is 6.58 Å². The first kappa shape index (κ1) is 22.8. The van der Waals surface area contributed by atoms with Gasteiger partial charge < -0.3 is 9.91 Å². The van der Waals surface area contributed by atoms with Crippen LogP contribution in [0.5, 0.6) is 0 Å². The van der Waals surface area contributed by atoms with Gasteiger partial charge in [-0.2, -0.15) is 0 Å². The molecule has 3 unspecified atom stereocenters. The lowest BCUT2D eigenvalue weighted by atomic mass is 9.84. The molecule has 0 saturated carbocycles. The Kier molecular flexibility index (Phi) is 7.90. The van der Waals surface area contributed by atoms with Crippen molar-refractivity contribution in [1.29, 1.82) is 0 Å². The number of hydrogen-bond donors (Lipinski definition) is 1. The van der Waals surface area contributed by atoms with Crippen molar-refractivity contribution in [3.8, 4) is 0 Å². The molecule has 4 heteroatoms. The number of nitrogens with zero attached hydrogens (tertiary/aromatic N) is 2. The van der Waals surface area contributed by atoms with Crippen LogP contribution in [0.1, 0.15) is 62.1 Å². The van der Waals surface area contributed by atoms with E-state index in [9.17, 15) is 0 Å². The van der Waals surface area contributed by atoms with Gasteiger partial charge in [0.25, 0.3) is 0 Å². The lowest BCUT2D eigenvalue weighted by Crippen LogP contribution is -2.42. The molecule has 3 nitrogen and oxygen atoms in total. The largest absolute Gasteiger partial charge is 0.310 e. The first-order chi connectivity index (χ1) is 14.4. The van der Waals surface area contributed by atoms with E-state index in [0.717, 1.165) is 50.0 Å². The number of halogens is 1. The van der Waals surface area contributed by atoms with Crippen molar-refractivity contribution in [2.75, 3.05) is 31.7 Å². The molecule has 3 atom stereocenters. The first-order valence-electron chi connectivity index (χ1n) is 11.3. The zero-order valence-corrected chi connectivity index (χ0v) is 19.1. The van der Waals surface area contributed by atoms with E-state index in [1.54, 1.807) is 0 Å². The maximum absolute atomic E-state index is 15.3. The maximum Gasteiger partial charge on any atom is 0.120 e. The van der Waals surface area contributed by atoms with Gasteiger partial charge in [0.1, 0.15) is 6.17 Å². The van der Waals surface area contributed by atoms with E-state index in [0.29, 0.717) is 12.6 Å². The summed E-state index contributed by atoms with van der Waals surface area (Å²) in [6.07, 6.45) is 11.9. The van der Waals surface area contributed by atoms with Gasteiger partial charge in [-0.25, -0.2) is 9.82 Å². The number of alkyl halides is 1. The van der Waals surface area contributed by atoms with E-state index in [1.807, 2.05) is 13.8 Å². The molecule has 164 valence electrons. The van der Waals surface area contributed by atoms with Crippen LogP contribution in [0.3, 0.4) is 0 Å². The van der Waals surface area contributed by atoms with Gasteiger partial charge in [0.05, 0.1) is 5.69 Å². The summed E-state index contributed by atoms with van der Waals surface area (Å²) in [5, 5.41) is 2.12. The van der Waals surface area contributed by atoms with Gasteiger partial charge in [0.15, 0.2) is 0 Å². The molecule has 0 radical (unpaired) electrons. The Morgan fingerprint density at radius 3 is 2.80 bits per heavy atom. The molecule has 1 fully saturated rings. The number of piperidine rings is 1. The summed E-state index contributed by atoms with van der Waals surface area (Å²) >= 11 is 0. The standard InChI is InChI=1S/C26H38FN3/c1-6-9-21-16-20(4)24(17-26(21)29(5)28-22-10-7-8-11-22)23-13-15-30(18-25(23)27)14-12-19(2)3/h6-7,9-10,16-17,22-23,25,28H,2,8,11-15,18H2,1,3-5H3. The quantitative estimate of drug-likeness (QED) is 0.432. The summed E-state index contributed by atoms with van der Waals surface area (Å²) in [4.78, 5) is 2.25. The zero-order chi connectivity index (χ0) is 21.7. The second kappa shape index (κ2) is 10.4. The van der Waals surface area contributed by atoms with Crippen molar-refractivity contribution >= 4 is 11.8 Å². The van der Waals surface area contributed by atoms with Crippen LogP contribution in [0.25, 0.3) is 6.08 Å². The number of aryl methyl sites for hydroxylation is 1. The van der Waals surface area contributed by atoms with Gasteiger partial charge in [0.2, 0.25) is 0 Å². The average Bonchev–Trinajstić information content (AvgIpc) is 3.20. The molecule has 1 aromatic carbocycles. The number of likely N-dealkylation sites (tertiary alicyclic amines) is 1. The SMILES string of the molecule is C=C(C)CCN1CCC(c2cc(N(C)NC3C=CCC3)c(C=CC)cc2C)C(F)C1. The lowest BCUT2D eigenvalue weighted by molar-refractivity contribution is 0.118. The molecular formula is C26H38FN3. The van der Waals surface area contributed by atoms with Crippen molar-refractivity contribution in [1.82, 2.24) is 10.3 Å². The summed E-state index contributed by atoms with van der Waals surface area (Å²) < 4.78 is 15.3. The Morgan fingerprint density at radius 2 is 2.17 bits per heavy atom. The molecule has 3 rings (SSSR count). The average molecular weight is 412 g/mol. The van der Waals surface area contributed by atoms with E-state index in [-0.39, 0.29) is 5.92 Å². The molecule has 2 aliphatic rings. The third kappa shape index (κ3) is 5.61. The minimum atomic E-state index is -0.834. The van der Waals surface area contributed by atoms with E-state index < -0.39 is 6.17 Å². The second-order valence-corrected chi connectivity index (χ2v) is 8.99. The highest BCUT2D eigenvalue weighted by Crippen LogP contribution is 2.36. The summed E-state index contributed by atoms with van der Waals surface area (Å²) in [5.41, 5.74) is 9.38. The first-order valence-corrected chi connectivity index (χ1v) is 11.3. The molecule has 0 aromatic heterocycles. The number of nitrogens with one attached hydrogen (secondary N) is 1. The van der Waals surface area contributed by atoms with Gasteiger partial charge in [-0.3, -0.25) is 0 Å². The zero-order valence-electron chi connectivity index (χ0n) is 19.1. The summed E-state index contributed by atoms with van der Waals surface area (Å²) in [5.74, 6) is -0.0377. The molecule has 0 amide bonds.